The highest BCUT2D eigenvalue weighted by atomic mass is 16.4. The Morgan fingerprint density at radius 3 is 1.76 bits per heavy atom. The Labute approximate surface area is 145 Å². The molecule has 3 rings (SSSR count). The van der Waals surface area contributed by atoms with Crippen molar-refractivity contribution < 1.29 is 19.8 Å². The Bertz CT molecular complexity index is 833. The molecule has 0 radical (unpaired) electrons. The van der Waals surface area contributed by atoms with Gasteiger partial charge in [-0.15, -0.1) is 0 Å². The summed E-state index contributed by atoms with van der Waals surface area (Å²) in [5.74, 6) is -1.21. The molecule has 0 saturated carbocycles. The van der Waals surface area contributed by atoms with E-state index >= 15 is 0 Å². The maximum Gasteiger partial charge on any atom is 0.335 e. The van der Waals surface area contributed by atoms with Gasteiger partial charge in [0.2, 0.25) is 0 Å². The third kappa shape index (κ3) is 5.51. The number of carbonyl (C=O) groups excluding carboxylic acids is 1. The minimum atomic E-state index is -0.879. The Morgan fingerprint density at radius 2 is 1.24 bits per heavy atom. The zero-order chi connectivity index (χ0) is 18.1. The summed E-state index contributed by atoms with van der Waals surface area (Å²) in [6.45, 7) is 0. The summed E-state index contributed by atoms with van der Waals surface area (Å²) < 4.78 is 0. The highest BCUT2D eigenvalue weighted by Crippen LogP contribution is 2.17. The number of phenols is 1. The number of aromatic carboxylic acids is 1. The standard InChI is InChI=1S/C13H11NO2.C7H6O2/c15-12-9-5-4-8-11(12)13(16)14-10-6-2-1-3-7-10;8-7(9)6-4-2-1-3-5-6/h1-9,15H,(H,14,16);1-5H,(H,8,9). The number of para-hydroxylation sites is 2. The van der Waals surface area contributed by atoms with Gasteiger partial charge < -0.3 is 15.5 Å². The summed E-state index contributed by atoms with van der Waals surface area (Å²) in [5.41, 5.74) is 1.31. The molecule has 5 heteroatoms. The largest absolute Gasteiger partial charge is 0.507 e. The van der Waals surface area contributed by atoms with Gasteiger partial charge in [0.25, 0.3) is 5.91 Å². The number of amides is 1. The zero-order valence-electron chi connectivity index (χ0n) is 13.3. The number of phenolic OH excluding ortho intramolecular Hbond substituents is 1. The lowest BCUT2D eigenvalue weighted by Gasteiger charge is -2.05. The molecule has 25 heavy (non-hydrogen) atoms. The van der Waals surface area contributed by atoms with E-state index in [-0.39, 0.29) is 17.2 Å². The number of carbonyl (C=O) groups is 2. The lowest BCUT2D eigenvalue weighted by Crippen LogP contribution is -2.11. The van der Waals surface area contributed by atoms with Crippen LogP contribution in [0.5, 0.6) is 5.75 Å². The Morgan fingerprint density at radius 1 is 0.720 bits per heavy atom. The monoisotopic (exact) mass is 335 g/mol. The van der Waals surface area contributed by atoms with Crippen LogP contribution in [-0.4, -0.2) is 22.1 Å². The van der Waals surface area contributed by atoms with Gasteiger partial charge in [-0.3, -0.25) is 4.79 Å². The van der Waals surface area contributed by atoms with Gasteiger partial charge in [0.15, 0.2) is 0 Å². The highest BCUT2D eigenvalue weighted by Gasteiger charge is 2.09. The minimum absolute atomic E-state index is 0.0177. The van der Waals surface area contributed by atoms with Crippen LogP contribution in [0.15, 0.2) is 84.9 Å². The average molecular weight is 335 g/mol. The molecule has 0 aliphatic heterocycles. The first-order valence-electron chi connectivity index (χ1n) is 7.50. The second-order valence-electron chi connectivity index (χ2n) is 5.01. The van der Waals surface area contributed by atoms with E-state index in [0.29, 0.717) is 11.3 Å². The predicted octanol–water partition coefficient (Wildman–Crippen LogP) is 4.03. The molecule has 126 valence electrons. The normalized spacial score (nSPS) is 9.44. The summed E-state index contributed by atoms with van der Waals surface area (Å²) in [5, 5.41) is 20.6. The van der Waals surface area contributed by atoms with Gasteiger partial charge in [0.05, 0.1) is 11.1 Å². The van der Waals surface area contributed by atoms with Gasteiger partial charge in [0, 0.05) is 5.69 Å². The molecular weight excluding hydrogens is 318 g/mol. The molecule has 0 fully saturated rings. The minimum Gasteiger partial charge on any atom is -0.507 e. The van der Waals surface area contributed by atoms with E-state index in [1.165, 1.54) is 6.07 Å². The van der Waals surface area contributed by atoms with Crippen LogP contribution in [-0.2, 0) is 0 Å². The number of hydrogen-bond donors (Lipinski definition) is 3. The molecule has 0 aromatic heterocycles. The van der Waals surface area contributed by atoms with Crippen LogP contribution in [0.3, 0.4) is 0 Å². The van der Waals surface area contributed by atoms with Crippen LogP contribution in [0.25, 0.3) is 0 Å². The zero-order valence-corrected chi connectivity index (χ0v) is 13.3. The van der Waals surface area contributed by atoms with Gasteiger partial charge in [0.1, 0.15) is 5.75 Å². The van der Waals surface area contributed by atoms with E-state index in [9.17, 15) is 14.7 Å². The van der Waals surface area contributed by atoms with Crippen LogP contribution < -0.4 is 5.32 Å². The average Bonchev–Trinajstić information content (AvgIpc) is 2.64. The molecular formula is C20H17NO4. The maximum absolute atomic E-state index is 11.8. The van der Waals surface area contributed by atoms with Crippen molar-refractivity contribution in [2.45, 2.75) is 0 Å². The van der Waals surface area contributed by atoms with Crippen LogP contribution in [0.4, 0.5) is 5.69 Å². The van der Waals surface area contributed by atoms with E-state index in [1.807, 2.05) is 18.2 Å². The summed E-state index contributed by atoms with van der Waals surface area (Å²) >= 11 is 0. The summed E-state index contributed by atoms with van der Waals surface area (Å²) in [7, 11) is 0. The van der Waals surface area contributed by atoms with Crippen molar-refractivity contribution in [3.05, 3.63) is 96.1 Å². The van der Waals surface area contributed by atoms with Crippen LogP contribution >= 0.6 is 0 Å². The van der Waals surface area contributed by atoms with E-state index in [4.69, 9.17) is 5.11 Å². The van der Waals surface area contributed by atoms with Crippen molar-refractivity contribution in [1.82, 2.24) is 0 Å². The van der Waals surface area contributed by atoms with Crippen LogP contribution in [0.1, 0.15) is 20.7 Å². The van der Waals surface area contributed by atoms with Crippen LogP contribution in [0.2, 0.25) is 0 Å². The van der Waals surface area contributed by atoms with E-state index in [1.54, 1.807) is 60.7 Å². The fourth-order valence-electron chi connectivity index (χ4n) is 1.97. The number of carboxylic acid groups (broad SMARTS) is 1. The molecule has 3 aromatic rings. The van der Waals surface area contributed by atoms with Crippen molar-refractivity contribution in [3.63, 3.8) is 0 Å². The van der Waals surface area contributed by atoms with E-state index < -0.39 is 5.97 Å². The molecule has 1 amide bonds. The summed E-state index contributed by atoms with van der Waals surface area (Å²) in [4.78, 5) is 22.0. The second-order valence-corrected chi connectivity index (χ2v) is 5.01. The first-order valence-corrected chi connectivity index (χ1v) is 7.50. The first-order chi connectivity index (χ1) is 12.1. The topological polar surface area (TPSA) is 86.6 Å². The molecule has 0 unspecified atom stereocenters. The summed E-state index contributed by atoms with van der Waals surface area (Å²) in [6, 6.07) is 23.9. The highest BCUT2D eigenvalue weighted by molar-refractivity contribution is 6.06. The first kappa shape index (κ1) is 17.7. The molecule has 0 atom stereocenters. The molecule has 0 saturated heterocycles. The number of rotatable bonds is 3. The molecule has 0 bridgehead atoms. The second kappa shape index (κ2) is 8.88. The maximum atomic E-state index is 11.8. The van der Waals surface area contributed by atoms with Crippen LogP contribution in [0, 0.1) is 0 Å². The third-order valence-corrected chi connectivity index (χ3v) is 3.20. The fourth-order valence-corrected chi connectivity index (χ4v) is 1.97. The number of carboxylic acids is 1. The quantitative estimate of drug-likeness (QED) is 0.674. The van der Waals surface area contributed by atoms with Crippen molar-refractivity contribution >= 4 is 17.6 Å². The molecule has 0 spiro atoms. The van der Waals surface area contributed by atoms with Gasteiger partial charge >= 0.3 is 5.97 Å². The SMILES string of the molecule is O=C(Nc1ccccc1)c1ccccc1O.O=C(O)c1ccccc1. The van der Waals surface area contributed by atoms with Crippen molar-refractivity contribution in [3.8, 4) is 5.75 Å². The van der Waals surface area contributed by atoms with E-state index in [2.05, 4.69) is 5.32 Å². The molecule has 0 aliphatic carbocycles. The Hall–Kier alpha value is -3.60. The lowest BCUT2D eigenvalue weighted by molar-refractivity contribution is 0.0696. The molecule has 0 heterocycles. The smallest absolute Gasteiger partial charge is 0.335 e. The predicted molar refractivity (Wildman–Crippen MR) is 95.9 cm³/mol. The Balaban J connectivity index is 0.000000212. The Kier molecular flexibility index (Phi) is 6.31. The van der Waals surface area contributed by atoms with Crippen molar-refractivity contribution in [1.29, 1.82) is 0 Å². The summed E-state index contributed by atoms with van der Waals surface area (Å²) in [6.07, 6.45) is 0. The number of nitrogens with one attached hydrogen (secondary N) is 1. The fraction of sp³-hybridized carbons (Fsp3) is 0. The number of benzene rings is 3. The molecule has 0 aliphatic rings. The lowest BCUT2D eigenvalue weighted by atomic mass is 10.2. The van der Waals surface area contributed by atoms with Gasteiger partial charge in [-0.1, -0.05) is 48.5 Å². The van der Waals surface area contributed by atoms with Gasteiger partial charge in [-0.25, -0.2) is 4.79 Å². The molecule has 3 N–H and O–H groups in total. The molecule has 3 aromatic carbocycles. The third-order valence-electron chi connectivity index (χ3n) is 3.20. The van der Waals surface area contributed by atoms with Crippen molar-refractivity contribution in [2.75, 3.05) is 5.32 Å². The number of anilines is 1. The van der Waals surface area contributed by atoms with Crippen molar-refractivity contribution in [2.24, 2.45) is 0 Å². The van der Waals surface area contributed by atoms with E-state index in [0.717, 1.165) is 0 Å². The van der Waals surface area contributed by atoms with Gasteiger partial charge in [-0.2, -0.15) is 0 Å². The molecule has 5 nitrogen and oxygen atoms in total. The number of aromatic hydroxyl groups is 1. The van der Waals surface area contributed by atoms with Gasteiger partial charge in [-0.05, 0) is 36.4 Å². The number of hydrogen-bond acceptors (Lipinski definition) is 3.